The summed E-state index contributed by atoms with van der Waals surface area (Å²) in [4.78, 5) is 23.3. The van der Waals surface area contributed by atoms with Crippen molar-refractivity contribution in [3.63, 3.8) is 0 Å². The molecule has 1 aliphatic heterocycles. The van der Waals surface area contributed by atoms with Crippen molar-refractivity contribution in [1.82, 2.24) is 10.6 Å². The highest BCUT2D eigenvalue weighted by Gasteiger charge is 2.33. The Balaban J connectivity index is 2.53. The number of ether oxygens (including phenoxy) is 1. The van der Waals surface area contributed by atoms with Gasteiger partial charge in [-0.25, -0.2) is 14.0 Å². The molecule has 0 radical (unpaired) electrons. The molecule has 5 nitrogen and oxygen atoms in total. The molecule has 2 rings (SSSR count). The monoisotopic (exact) mass is 264 g/mol. The Morgan fingerprint density at radius 3 is 2.68 bits per heavy atom. The van der Waals surface area contributed by atoms with Crippen molar-refractivity contribution in [2.75, 3.05) is 7.11 Å². The molecular weight excluding hydrogens is 251 g/mol. The van der Waals surface area contributed by atoms with Gasteiger partial charge in [0.2, 0.25) is 0 Å². The van der Waals surface area contributed by atoms with Gasteiger partial charge in [-0.3, -0.25) is 0 Å². The third kappa shape index (κ3) is 2.42. The first-order valence-electron chi connectivity index (χ1n) is 5.65. The predicted octanol–water partition coefficient (Wildman–Crippen LogP) is 1.63. The maximum absolute atomic E-state index is 13.8. The third-order valence-corrected chi connectivity index (χ3v) is 2.89. The molecule has 0 fully saturated rings. The summed E-state index contributed by atoms with van der Waals surface area (Å²) in [7, 11) is 1.23. The highest BCUT2D eigenvalue weighted by molar-refractivity contribution is 5.94. The van der Waals surface area contributed by atoms with Crippen LogP contribution in [-0.4, -0.2) is 19.1 Å². The van der Waals surface area contributed by atoms with Gasteiger partial charge in [-0.1, -0.05) is 18.2 Å². The summed E-state index contributed by atoms with van der Waals surface area (Å²) in [5, 5.41) is 4.99. The van der Waals surface area contributed by atoms with E-state index in [1.807, 2.05) is 0 Å². The maximum atomic E-state index is 13.8. The molecule has 0 unspecified atom stereocenters. The van der Waals surface area contributed by atoms with Crippen LogP contribution in [0.2, 0.25) is 0 Å². The highest BCUT2D eigenvalue weighted by atomic mass is 19.1. The first-order chi connectivity index (χ1) is 9.04. The van der Waals surface area contributed by atoms with Gasteiger partial charge in [0.05, 0.1) is 18.7 Å². The van der Waals surface area contributed by atoms with E-state index in [0.717, 1.165) is 0 Å². The van der Waals surface area contributed by atoms with E-state index in [4.69, 9.17) is 0 Å². The van der Waals surface area contributed by atoms with E-state index in [0.29, 0.717) is 5.70 Å². The molecule has 1 aromatic carbocycles. The Morgan fingerprint density at radius 2 is 2.05 bits per heavy atom. The van der Waals surface area contributed by atoms with E-state index in [2.05, 4.69) is 15.4 Å². The summed E-state index contributed by atoms with van der Waals surface area (Å²) < 4.78 is 18.5. The fraction of sp³-hybridized carbons (Fsp3) is 0.231. The summed E-state index contributed by atoms with van der Waals surface area (Å²) in [6.07, 6.45) is 0. The lowest BCUT2D eigenvalue weighted by Crippen LogP contribution is -2.45. The number of halogens is 1. The summed E-state index contributed by atoms with van der Waals surface area (Å²) in [5.74, 6) is -1.11. The topological polar surface area (TPSA) is 67.4 Å². The Labute approximate surface area is 109 Å². The normalized spacial score (nSPS) is 18.7. The summed E-state index contributed by atoms with van der Waals surface area (Å²) in [6.45, 7) is 1.57. The molecule has 0 aliphatic carbocycles. The van der Waals surface area contributed by atoms with Crippen molar-refractivity contribution in [2.45, 2.75) is 13.0 Å². The largest absolute Gasteiger partial charge is 0.466 e. The third-order valence-electron chi connectivity index (χ3n) is 2.89. The Bertz CT molecular complexity index is 569. The molecule has 0 saturated carbocycles. The first-order valence-corrected chi connectivity index (χ1v) is 5.65. The standard InChI is InChI=1S/C13H13FN2O3/c1-7-10(12(17)19-2)11(16-13(18)15-7)8-5-3-4-6-9(8)14/h3-6,11H,1-2H3,(H2,15,16,18)/t11-/m0/s1. The number of benzene rings is 1. The molecule has 2 amide bonds. The second-order valence-corrected chi connectivity index (χ2v) is 4.08. The van der Waals surface area contributed by atoms with Gasteiger partial charge in [0.1, 0.15) is 5.82 Å². The number of amides is 2. The highest BCUT2D eigenvalue weighted by Crippen LogP contribution is 2.28. The van der Waals surface area contributed by atoms with E-state index >= 15 is 0 Å². The van der Waals surface area contributed by atoms with Crippen LogP contribution in [0, 0.1) is 5.82 Å². The fourth-order valence-corrected chi connectivity index (χ4v) is 2.02. The predicted molar refractivity (Wildman–Crippen MR) is 65.5 cm³/mol. The Morgan fingerprint density at radius 1 is 1.37 bits per heavy atom. The minimum Gasteiger partial charge on any atom is -0.466 e. The van der Waals surface area contributed by atoms with Crippen LogP contribution >= 0.6 is 0 Å². The second-order valence-electron chi connectivity index (χ2n) is 4.08. The molecule has 1 aliphatic rings. The smallest absolute Gasteiger partial charge is 0.337 e. The zero-order valence-electron chi connectivity index (χ0n) is 10.5. The van der Waals surface area contributed by atoms with Crippen molar-refractivity contribution in [2.24, 2.45) is 0 Å². The Kier molecular flexibility index (Phi) is 3.50. The van der Waals surface area contributed by atoms with Crippen LogP contribution < -0.4 is 10.6 Å². The van der Waals surface area contributed by atoms with E-state index in [9.17, 15) is 14.0 Å². The lowest BCUT2D eigenvalue weighted by molar-refractivity contribution is -0.136. The van der Waals surface area contributed by atoms with Crippen LogP contribution in [-0.2, 0) is 9.53 Å². The van der Waals surface area contributed by atoms with Gasteiger partial charge in [0.15, 0.2) is 0 Å². The van der Waals surface area contributed by atoms with Gasteiger partial charge in [0.25, 0.3) is 0 Å². The van der Waals surface area contributed by atoms with Crippen LogP contribution in [0.15, 0.2) is 35.5 Å². The molecule has 2 N–H and O–H groups in total. The van der Waals surface area contributed by atoms with Crippen LogP contribution in [0.25, 0.3) is 0 Å². The Hall–Kier alpha value is -2.37. The van der Waals surface area contributed by atoms with Gasteiger partial charge < -0.3 is 15.4 Å². The van der Waals surface area contributed by atoms with Crippen LogP contribution in [0.1, 0.15) is 18.5 Å². The molecule has 0 spiro atoms. The first kappa shape index (κ1) is 13.1. The van der Waals surface area contributed by atoms with Gasteiger partial charge in [-0.05, 0) is 13.0 Å². The number of hydrogen-bond acceptors (Lipinski definition) is 3. The van der Waals surface area contributed by atoms with Gasteiger partial charge in [-0.2, -0.15) is 0 Å². The summed E-state index contributed by atoms with van der Waals surface area (Å²) in [6, 6.07) is 4.61. The summed E-state index contributed by atoms with van der Waals surface area (Å²) in [5.41, 5.74) is 0.758. The molecule has 1 aromatic rings. The van der Waals surface area contributed by atoms with E-state index in [-0.39, 0.29) is 11.1 Å². The molecule has 0 aromatic heterocycles. The molecule has 1 atom stereocenters. The molecule has 0 saturated heterocycles. The van der Waals surface area contributed by atoms with E-state index in [1.165, 1.54) is 25.3 Å². The van der Waals surface area contributed by atoms with Crippen LogP contribution in [0.3, 0.4) is 0 Å². The zero-order chi connectivity index (χ0) is 14.0. The number of carbonyl (C=O) groups is 2. The molecule has 100 valence electrons. The number of nitrogens with one attached hydrogen (secondary N) is 2. The van der Waals surface area contributed by atoms with Crippen LogP contribution in [0.4, 0.5) is 9.18 Å². The SMILES string of the molecule is COC(=O)C1=C(C)NC(=O)N[C@H]1c1ccccc1F. The minimum absolute atomic E-state index is 0.187. The minimum atomic E-state index is -0.859. The van der Waals surface area contributed by atoms with E-state index in [1.54, 1.807) is 13.0 Å². The zero-order valence-corrected chi connectivity index (χ0v) is 10.5. The van der Waals surface area contributed by atoms with E-state index < -0.39 is 23.9 Å². The number of esters is 1. The van der Waals surface area contributed by atoms with Gasteiger partial charge in [-0.15, -0.1) is 0 Å². The number of urea groups is 1. The average molecular weight is 264 g/mol. The average Bonchev–Trinajstić information content (AvgIpc) is 2.37. The molecule has 6 heteroatoms. The molecule has 19 heavy (non-hydrogen) atoms. The van der Waals surface area contributed by atoms with Gasteiger partial charge in [0, 0.05) is 11.3 Å². The number of methoxy groups -OCH3 is 1. The lowest BCUT2D eigenvalue weighted by atomic mass is 9.95. The quantitative estimate of drug-likeness (QED) is 0.798. The molecule has 0 bridgehead atoms. The van der Waals surface area contributed by atoms with Crippen molar-refractivity contribution < 1.29 is 18.7 Å². The van der Waals surface area contributed by atoms with Crippen molar-refractivity contribution in [3.8, 4) is 0 Å². The number of allylic oxidation sites excluding steroid dienone is 1. The van der Waals surface area contributed by atoms with Gasteiger partial charge >= 0.3 is 12.0 Å². The summed E-state index contributed by atoms with van der Waals surface area (Å²) >= 11 is 0. The maximum Gasteiger partial charge on any atom is 0.337 e. The van der Waals surface area contributed by atoms with Crippen molar-refractivity contribution >= 4 is 12.0 Å². The fourth-order valence-electron chi connectivity index (χ4n) is 2.02. The lowest BCUT2D eigenvalue weighted by Gasteiger charge is -2.27. The molecular formula is C13H13FN2O3. The van der Waals surface area contributed by atoms with Crippen molar-refractivity contribution in [3.05, 3.63) is 46.9 Å². The molecule has 1 heterocycles. The number of carbonyl (C=O) groups excluding carboxylic acids is 2. The number of rotatable bonds is 2. The second kappa shape index (κ2) is 5.09. The van der Waals surface area contributed by atoms with Crippen molar-refractivity contribution in [1.29, 1.82) is 0 Å². The van der Waals surface area contributed by atoms with Crippen LogP contribution in [0.5, 0.6) is 0 Å². The number of hydrogen-bond donors (Lipinski definition) is 2.